The largest absolute Gasteiger partial charge is 0.367 e. The van der Waals surface area contributed by atoms with E-state index < -0.39 is 0 Å². The van der Waals surface area contributed by atoms with Crippen molar-refractivity contribution in [1.82, 2.24) is 0 Å². The molecule has 2 aliphatic rings. The molecule has 2 rings (SSSR count). The van der Waals surface area contributed by atoms with E-state index in [-0.39, 0.29) is 12.0 Å². The minimum atomic E-state index is 0.185. The molecule has 2 bridgehead atoms. The highest BCUT2D eigenvalue weighted by Crippen LogP contribution is 2.38. The van der Waals surface area contributed by atoms with E-state index in [0.717, 1.165) is 12.8 Å². The Kier molecular flexibility index (Phi) is 1.90. The third-order valence-electron chi connectivity index (χ3n) is 2.90. The molecule has 4 unspecified atom stereocenters. The van der Waals surface area contributed by atoms with E-state index in [0.29, 0.717) is 12.0 Å². The average molecular weight is 163 g/mol. The molecular formula is C10H13NO. The summed E-state index contributed by atoms with van der Waals surface area (Å²) in [5, 5.41) is 8.88. The lowest BCUT2D eigenvalue weighted by atomic mass is 9.82. The molecule has 12 heavy (non-hydrogen) atoms. The first-order valence-corrected chi connectivity index (χ1v) is 4.58. The quantitative estimate of drug-likeness (QED) is 0.582. The Bertz CT molecular complexity index is 241. The Morgan fingerprint density at radius 1 is 1.67 bits per heavy atom. The standard InChI is InChI=1S/C10H13NO/c1-2-7(6-11)9-5-8-3-4-10(9)12-8/h3-4,7-10H,2,5H2,1H3. The molecule has 64 valence electrons. The van der Waals surface area contributed by atoms with Gasteiger partial charge < -0.3 is 4.74 Å². The Morgan fingerprint density at radius 2 is 2.50 bits per heavy atom. The van der Waals surface area contributed by atoms with Crippen molar-refractivity contribution in [2.45, 2.75) is 32.0 Å². The summed E-state index contributed by atoms with van der Waals surface area (Å²) in [5.41, 5.74) is 0. The Hall–Kier alpha value is -0.810. The number of nitrogens with zero attached hydrogens (tertiary/aromatic N) is 1. The fraction of sp³-hybridized carbons (Fsp3) is 0.700. The summed E-state index contributed by atoms with van der Waals surface area (Å²) in [5.74, 6) is 0.639. The molecule has 0 aromatic rings. The summed E-state index contributed by atoms with van der Waals surface area (Å²) >= 11 is 0. The third-order valence-corrected chi connectivity index (χ3v) is 2.90. The zero-order valence-corrected chi connectivity index (χ0v) is 7.23. The van der Waals surface area contributed by atoms with Gasteiger partial charge in [-0.15, -0.1) is 0 Å². The van der Waals surface area contributed by atoms with E-state index in [1.165, 1.54) is 0 Å². The molecule has 0 N–H and O–H groups in total. The predicted octanol–water partition coefficient (Wildman–Crippen LogP) is 1.88. The first-order chi connectivity index (χ1) is 5.85. The van der Waals surface area contributed by atoms with Crippen molar-refractivity contribution < 1.29 is 4.74 Å². The smallest absolute Gasteiger partial charge is 0.0806 e. The summed E-state index contributed by atoms with van der Waals surface area (Å²) < 4.78 is 5.61. The van der Waals surface area contributed by atoms with Crippen molar-refractivity contribution in [1.29, 1.82) is 5.26 Å². The molecule has 1 fully saturated rings. The van der Waals surface area contributed by atoms with Crippen LogP contribution in [0.4, 0.5) is 0 Å². The van der Waals surface area contributed by atoms with Gasteiger partial charge >= 0.3 is 0 Å². The number of ether oxygens (including phenoxy) is 1. The molecular weight excluding hydrogens is 150 g/mol. The van der Waals surface area contributed by atoms with Gasteiger partial charge in [0, 0.05) is 5.92 Å². The summed E-state index contributed by atoms with van der Waals surface area (Å²) in [6.45, 7) is 2.07. The molecule has 0 saturated carbocycles. The van der Waals surface area contributed by atoms with Crippen LogP contribution in [-0.4, -0.2) is 12.2 Å². The zero-order chi connectivity index (χ0) is 8.55. The normalized spacial score (nSPS) is 39.8. The summed E-state index contributed by atoms with van der Waals surface area (Å²) in [7, 11) is 0. The van der Waals surface area contributed by atoms with Crippen LogP contribution in [0.2, 0.25) is 0 Å². The highest BCUT2D eigenvalue weighted by atomic mass is 16.5. The van der Waals surface area contributed by atoms with Crippen molar-refractivity contribution in [3.63, 3.8) is 0 Å². The SMILES string of the molecule is CCC(C#N)C1CC2C=CC1O2. The first-order valence-electron chi connectivity index (χ1n) is 4.58. The van der Waals surface area contributed by atoms with Gasteiger partial charge in [-0.2, -0.15) is 5.26 Å². The number of nitriles is 1. The maximum Gasteiger partial charge on any atom is 0.0806 e. The molecule has 2 heteroatoms. The lowest BCUT2D eigenvalue weighted by Gasteiger charge is -2.19. The van der Waals surface area contributed by atoms with Gasteiger partial charge in [0.05, 0.1) is 24.2 Å². The Morgan fingerprint density at radius 3 is 2.92 bits per heavy atom. The van der Waals surface area contributed by atoms with Crippen molar-refractivity contribution in [3.8, 4) is 6.07 Å². The van der Waals surface area contributed by atoms with E-state index in [4.69, 9.17) is 10.00 Å². The van der Waals surface area contributed by atoms with Crippen LogP contribution in [0.5, 0.6) is 0 Å². The number of fused-ring (bicyclic) bond motifs is 2. The van der Waals surface area contributed by atoms with Crippen LogP contribution in [0, 0.1) is 23.2 Å². The van der Waals surface area contributed by atoms with Crippen LogP contribution in [0.15, 0.2) is 12.2 Å². The predicted molar refractivity (Wildman–Crippen MR) is 45.3 cm³/mol. The molecule has 4 atom stereocenters. The van der Waals surface area contributed by atoms with Gasteiger partial charge in [-0.25, -0.2) is 0 Å². The van der Waals surface area contributed by atoms with Crippen LogP contribution in [-0.2, 0) is 4.74 Å². The molecule has 0 amide bonds. The molecule has 2 aliphatic heterocycles. The Labute approximate surface area is 72.8 Å². The van der Waals surface area contributed by atoms with Gasteiger partial charge in [0.2, 0.25) is 0 Å². The molecule has 0 aromatic heterocycles. The number of hydrogen-bond acceptors (Lipinski definition) is 2. The lowest BCUT2D eigenvalue weighted by Crippen LogP contribution is -2.21. The van der Waals surface area contributed by atoms with Crippen LogP contribution in [0.25, 0.3) is 0 Å². The van der Waals surface area contributed by atoms with E-state index in [2.05, 4.69) is 25.1 Å². The third kappa shape index (κ3) is 1.05. The number of hydrogen-bond donors (Lipinski definition) is 0. The second-order valence-electron chi connectivity index (χ2n) is 3.57. The van der Waals surface area contributed by atoms with Gasteiger partial charge in [-0.1, -0.05) is 19.1 Å². The zero-order valence-electron chi connectivity index (χ0n) is 7.23. The Balaban J connectivity index is 2.07. The minimum Gasteiger partial charge on any atom is -0.367 e. The molecule has 0 aromatic carbocycles. The van der Waals surface area contributed by atoms with Crippen molar-refractivity contribution in [2.24, 2.45) is 11.8 Å². The minimum absolute atomic E-state index is 0.185. The van der Waals surface area contributed by atoms with Crippen molar-refractivity contribution >= 4 is 0 Å². The van der Waals surface area contributed by atoms with Gasteiger partial charge in [-0.3, -0.25) is 0 Å². The van der Waals surface area contributed by atoms with E-state index >= 15 is 0 Å². The average Bonchev–Trinajstić information content (AvgIpc) is 2.67. The van der Waals surface area contributed by atoms with Gasteiger partial charge in [0.25, 0.3) is 0 Å². The highest BCUT2D eigenvalue weighted by molar-refractivity contribution is 5.13. The molecule has 0 spiro atoms. The van der Waals surface area contributed by atoms with Gasteiger partial charge in [-0.05, 0) is 12.8 Å². The molecule has 2 heterocycles. The monoisotopic (exact) mass is 163 g/mol. The second kappa shape index (κ2) is 2.91. The van der Waals surface area contributed by atoms with E-state index in [1.807, 2.05) is 0 Å². The topological polar surface area (TPSA) is 33.0 Å². The number of rotatable bonds is 2. The maximum absolute atomic E-state index is 8.88. The van der Waals surface area contributed by atoms with Crippen molar-refractivity contribution in [3.05, 3.63) is 12.2 Å². The van der Waals surface area contributed by atoms with Crippen LogP contribution >= 0.6 is 0 Å². The van der Waals surface area contributed by atoms with Crippen LogP contribution < -0.4 is 0 Å². The van der Waals surface area contributed by atoms with E-state index in [1.54, 1.807) is 0 Å². The van der Waals surface area contributed by atoms with Gasteiger partial charge in [0.15, 0.2) is 0 Å². The molecule has 1 saturated heterocycles. The molecule has 0 aliphatic carbocycles. The highest BCUT2D eigenvalue weighted by Gasteiger charge is 2.40. The fourth-order valence-electron chi connectivity index (χ4n) is 2.19. The summed E-state index contributed by atoms with van der Waals surface area (Å²) in [4.78, 5) is 0. The maximum atomic E-state index is 8.88. The molecule has 2 nitrogen and oxygen atoms in total. The van der Waals surface area contributed by atoms with E-state index in [9.17, 15) is 0 Å². The van der Waals surface area contributed by atoms with Crippen molar-refractivity contribution in [2.75, 3.05) is 0 Å². The van der Waals surface area contributed by atoms with Crippen LogP contribution in [0.1, 0.15) is 19.8 Å². The molecule has 0 radical (unpaired) electrons. The summed E-state index contributed by atoms with van der Waals surface area (Å²) in [6.07, 6.45) is 6.76. The fourth-order valence-corrected chi connectivity index (χ4v) is 2.19. The second-order valence-corrected chi connectivity index (χ2v) is 3.57. The van der Waals surface area contributed by atoms with Crippen LogP contribution in [0.3, 0.4) is 0 Å². The summed E-state index contributed by atoms with van der Waals surface area (Å²) in [6, 6.07) is 2.36. The first kappa shape index (κ1) is 7.82. The van der Waals surface area contributed by atoms with Gasteiger partial charge in [0.1, 0.15) is 0 Å². The lowest BCUT2D eigenvalue weighted by molar-refractivity contribution is 0.102.